The monoisotopic (exact) mass is 340 g/mol. The number of hydrogen-bond acceptors (Lipinski definition) is 3. The third-order valence-corrected chi connectivity index (χ3v) is 4.80. The average molecular weight is 341 g/mol. The van der Waals surface area contributed by atoms with Crippen LogP contribution in [0.4, 0.5) is 5.69 Å². The van der Waals surface area contributed by atoms with Gasteiger partial charge in [-0.25, -0.2) is 0 Å². The largest absolute Gasteiger partial charge is 0.395 e. The molecule has 0 aliphatic heterocycles. The third-order valence-electron chi connectivity index (χ3n) is 4.31. The molecule has 1 atom stereocenters. The normalized spacial score (nSPS) is 17.4. The molecule has 0 aromatic heterocycles. The van der Waals surface area contributed by atoms with Crippen molar-refractivity contribution in [2.75, 3.05) is 25.1 Å². The molecule has 0 heterocycles. The first kappa shape index (κ1) is 15.8. The van der Waals surface area contributed by atoms with E-state index in [1.165, 1.54) is 36.9 Å². The Morgan fingerprint density at radius 1 is 1.40 bits per heavy atom. The molecule has 1 aliphatic rings. The van der Waals surface area contributed by atoms with Crippen LogP contribution >= 0.6 is 15.9 Å². The molecule has 112 valence electrons. The molecule has 1 fully saturated rings. The Balaban J connectivity index is 2.37. The molecule has 1 aromatic rings. The van der Waals surface area contributed by atoms with Gasteiger partial charge in [0.05, 0.1) is 6.61 Å². The van der Waals surface area contributed by atoms with Gasteiger partial charge in [-0.05, 0) is 44.5 Å². The molecular weight excluding hydrogens is 316 g/mol. The second-order valence-electron chi connectivity index (χ2n) is 5.57. The first-order valence-corrected chi connectivity index (χ1v) is 8.31. The van der Waals surface area contributed by atoms with Crippen molar-refractivity contribution >= 4 is 21.6 Å². The van der Waals surface area contributed by atoms with Crippen molar-refractivity contribution in [3.05, 3.63) is 28.2 Å². The minimum absolute atomic E-state index is 0.205. The number of halogens is 1. The smallest absolute Gasteiger partial charge is 0.0606 e. The van der Waals surface area contributed by atoms with Crippen LogP contribution < -0.4 is 10.2 Å². The van der Waals surface area contributed by atoms with Crippen LogP contribution in [0.25, 0.3) is 0 Å². The molecule has 0 bridgehead atoms. The summed E-state index contributed by atoms with van der Waals surface area (Å²) in [6.45, 7) is 3.10. The number of aliphatic hydroxyl groups excluding tert-OH is 1. The molecule has 0 amide bonds. The summed E-state index contributed by atoms with van der Waals surface area (Å²) >= 11 is 3.59. The summed E-state index contributed by atoms with van der Waals surface area (Å²) in [5.41, 5.74) is 2.55. The van der Waals surface area contributed by atoms with Gasteiger partial charge in [-0.3, -0.25) is 0 Å². The van der Waals surface area contributed by atoms with Gasteiger partial charge in [0.1, 0.15) is 0 Å². The maximum absolute atomic E-state index is 9.45. The maximum atomic E-state index is 9.45. The fourth-order valence-electron chi connectivity index (χ4n) is 3.11. The predicted octanol–water partition coefficient (Wildman–Crippen LogP) is 3.47. The summed E-state index contributed by atoms with van der Waals surface area (Å²) < 4.78 is 1.10. The van der Waals surface area contributed by atoms with Gasteiger partial charge in [-0.2, -0.15) is 0 Å². The molecule has 1 aromatic carbocycles. The van der Waals surface area contributed by atoms with E-state index in [9.17, 15) is 5.11 Å². The first-order chi connectivity index (χ1) is 9.67. The highest BCUT2D eigenvalue weighted by molar-refractivity contribution is 9.10. The van der Waals surface area contributed by atoms with Gasteiger partial charge >= 0.3 is 0 Å². The minimum atomic E-state index is 0.205. The zero-order chi connectivity index (χ0) is 14.5. The quantitative estimate of drug-likeness (QED) is 0.832. The molecular formula is C16H25BrN2O. The van der Waals surface area contributed by atoms with E-state index in [1.54, 1.807) is 0 Å². The number of hydrogen-bond donors (Lipinski definition) is 2. The number of rotatable bonds is 6. The van der Waals surface area contributed by atoms with Crippen LogP contribution in [-0.4, -0.2) is 31.3 Å². The van der Waals surface area contributed by atoms with E-state index in [0.29, 0.717) is 18.6 Å². The highest BCUT2D eigenvalue weighted by Gasteiger charge is 2.25. The second-order valence-corrected chi connectivity index (χ2v) is 6.48. The van der Waals surface area contributed by atoms with Crippen molar-refractivity contribution in [2.45, 2.75) is 44.7 Å². The van der Waals surface area contributed by atoms with Gasteiger partial charge < -0.3 is 15.3 Å². The van der Waals surface area contributed by atoms with E-state index in [4.69, 9.17) is 0 Å². The zero-order valence-electron chi connectivity index (χ0n) is 12.4. The molecule has 1 aliphatic carbocycles. The second kappa shape index (κ2) is 7.43. The lowest BCUT2D eigenvalue weighted by Gasteiger charge is -2.33. The SMILES string of the molecule is CNC(C)c1ccc(Br)cc1N(CCO)C1CCCC1. The lowest BCUT2D eigenvalue weighted by Crippen LogP contribution is -2.37. The molecule has 20 heavy (non-hydrogen) atoms. The molecule has 0 radical (unpaired) electrons. The van der Waals surface area contributed by atoms with Gasteiger partial charge in [0.25, 0.3) is 0 Å². The standard InChI is InChI=1S/C16H25BrN2O/c1-12(18-2)15-8-7-13(17)11-16(15)19(9-10-20)14-5-3-4-6-14/h7-8,11-12,14,18,20H,3-6,9-10H2,1-2H3. The topological polar surface area (TPSA) is 35.5 Å². The minimum Gasteiger partial charge on any atom is -0.395 e. The number of nitrogens with one attached hydrogen (secondary N) is 1. The summed E-state index contributed by atoms with van der Waals surface area (Å²) in [6, 6.07) is 7.34. The third kappa shape index (κ3) is 3.54. The molecule has 2 rings (SSSR count). The molecule has 1 unspecified atom stereocenters. The van der Waals surface area contributed by atoms with Gasteiger partial charge in [0.2, 0.25) is 0 Å². The Morgan fingerprint density at radius 2 is 2.10 bits per heavy atom. The summed E-state index contributed by atoms with van der Waals surface area (Å²) in [5, 5.41) is 12.8. The van der Waals surface area contributed by atoms with E-state index in [-0.39, 0.29) is 6.61 Å². The van der Waals surface area contributed by atoms with Crippen molar-refractivity contribution in [3.63, 3.8) is 0 Å². The molecule has 0 saturated heterocycles. The van der Waals surface area contributed by atoms with Crippen molar-refractivity contribution in [2.24, 2.45) is 0 Å². The van der Waals surface area contributed by atoms with E-state index in [2.05, 4.69) is 51.3 Å². The Morgan fingerprint density at radius 3 is 2.70 bits per heavy atom. The van der Waals surface area contributed by atoms with Gasteiger partial charge in [0.15, 0.2) is 0 Å². The van der Waals surface area contributed by atoms with Crippen molar-refractivity contribution in [3.8, 4) is 0 Å². The number of aliphatic hydroxyl groups is 1. The van der Waals surface area contributed by atoms with Crippen molar-refractivity contribution < 1.29 is 5.11 Å². The number of anilines is 1. The van der Waals surface area contributed by atoms with E-state index in [0.717, 1.165) is 4.47 Å². The fourth-order valence-corrected chi connectivity index (χ4v) is 3.46. The summed E-state index contributed by atoms with van der Waals surface area (Å²) in [5.74, 6) is 0. The molecule has 4 heteroatoms. The van der Waals surface area contributed by atoms with Crippen LogP contribution in [0.15, 0.2) is 22.7 Å². The van der Waals surface area contributed by atoms with Crippen molar-refractivity contribution in [1.29, 1.82) is 0 Å². The van der Waals surface area contributed by atoms with E-state index < -0.39 is 0 Å². The van der Waals surface area contributed by atoms with E-state index in [1.807, 2.05) is 7.05 Å². The van der Waals surface area contributed by atoms with Gasteiger partial charge in [-0.15, -0.1) is 0 Å². The van der Waals surface area contributed by atoms with Crippen molar-refractivity contribution in [1.82, 2.24) is 5.32 Å². The van der Waals surface area contributed by atoms with E-state index >= 15 is 0 Å². The lowest BCUT2D eigenvalue weighted by molar-refractivity contribution is 0.297. The van der Waals surface area contributed by atoms with Crippen LogP contribution in [0.1, 0.15) is 44.2 Å². The van der Waals surface area contributed by atoms with Crippen LogP contribution in [-0.2, 0) is 0 Å². The molecule has 0 spiro atoms. The first-order valence-electron chi connectivity index (χ1n) is 7.51. The highest BCUT2D eigenvalue weighted by Crippen LogP contribution is 2.34. The van der Waals surface area contributed by atoms with Crippen LogP contribution in [0.2, 0.25) is 0 Å². The van der Waals surface area contributed by atoms with Gasteiger partial charge in [-0.1, -0.05) is 34.8 Å². The Bertz CT molecular complexity index is 432. The lowest BCUT2D eigenvalue weighted by atomic mass is 10.0. The summed E-state index contributed by atoms with van der Waals surface area (Å²) in [6.07, 6.45) is 5.08. The highest BCUT2D eigenvalue weighted by atomic mass is 79.9. The van der Waals surface area contributed by atoms with Crippen LogP contribution in [0.3, 0.4) is 0 Å². The van der Waals surface area contributed by atoms with Crippen LogP contribution in [0.5, 0.6) is 0 Å². The zero-order valence-corrected chi connectivity index (χ0v) is 14.0. The van der Waals surface area contributed by atoms with Gasteiger partial charge in [0, 0.05) is 28.8 Å². The predicted molar refractivity (Wildman–Crippen MR) is 88.3 cm³/mol. The fraction of sp³-hybridized carbons (Fsp3) is 0.625. The summed E-state index contributed by atoms with van der Waals surface area (Å²) in [7, 11) is 1.99. The molecule has 3 nitrogen and oxygen atoms in total. The number of benzene rings is 1. The molecule has 2 N–H and O–H groups in total. The maximum Gasteiger partial charge on any atom is 0.0606 e. The number of nitrogens with zero attached hydrogens (tertiary/aromatic N) is 1. The Kier molecular flexibility index (Phi) is 5.87. The molecule has 1 saturated carbocycles. The Labute approximate surface area is 130 Å². The Hall–Kier alpha value is -0.580. The summed E-state index contributed by atoms with van der Waals surface area (Å²) in [4.78, 5) is 2.40. The van der Waals surface area contributed by atoms with Crippen LogP contribution in [0, 0.1) is 0 Å². The average Bonchev–Trinajstić information content (AvgIpc) is 2.97.